The standard InChI is InChI=1S/C10H22F2N2/c1-5-6-9(2)14(4)8-10(11,12)7-13-3/h9,13H,5-8H2,1-4H3. The normalized spacial score (nSPS) is 14.8. The Morgan fingerprint density at radius 2 is 2.00 bits per heavy atom. The molecule has 0 aliphatic carbocycles. The fourth-order valence-electron chi connectivity index (χ4n) is 1.47. The Hall–Kier alpha value is -0.220. The summed E-state index contributed by atoms with van der Waals surface area (Å²) in [6.07, 6.45) is 2.00. The Balaban J connectivity index is 3.96. The molecule has 1 atom stereocenters. The minimum Gasteiger partial charge on any atom is -0.314 e. The van der Waals surface area contributed by atoms with Crippen molar-refractivity contribution >= 4 is 0 Å². The summed E-state index contributed by atoms with van der Waals surface area (Å²) in [6.45, 7) is 3.63. The Kier molecular flexibility index (Phi) is 6.20. The zero-order chi connectivity index (χ0) is 11.2. The summed E-state index contributed by atoms with van der Waals surface area (Å²) in [5.41, 5.74) is 0. The van der Waals surface area contributed by atoms with Gasteiger partial charge in [0.15, 0.2) is 0 Å². The molecule has 14 heavy (non-hydrogen) atoms. The fraction of sp³-hybridized carbons (Fsp3) is 1.00. The highest BCUT2D eigenvalue weighted by Gasteiger charge is 2.30. The Bertz CT molecular complexity index is 151. The number of nitrogens with one attached hydrogen (secondary N) is 1. The van der Waals surface area contributed by atoms with Crippen LogP contribution in [0.15, 0.2) is 0 Å². The predicted molar refractivity (Wildman–Crippen MR) is 55.9 cm³/mol. The highest BCUT2D eigenvalue weighted by atomic mass is 19.3. The minimum absolute atomic E-state index is 0.172. The topological polar surface area (TPSA) is 15.3 Å². The molecule has 86 valence electrons. The SMILES string of the molecule is CCCC(C)N(C)CC(F)(F)CNC. The van der Waals surface area contributed by atoms with Gasteiger partial charge in [-0.2, -0.15) is 0 Å². The van der Waals surface area contributed by atoms with E-state index in [1.807, 2.05) is 6.92 Å². The quantitative estimate of drug-likeness (QED) is 0.688. The lowest BCUT2D eigenvalue weighted by Gasteiger charge is -2.28. The molecular formula is C10H22F2N2. The van der Waals surface area contributed by atoms with E-state index in [0.717, 1.165) is 12.8 Å². The molecule has 2 nitrogen and oxygen atoms in total. The molecule has 0 saturated heterocycles. The van der Waals surface area contributed by atoms with Crippen LogP contribution in [0.3, 0.4) is 0 Å². The third-order valence-corrected chi connectivity index (χ3v) is 2.38. The van der Waals surface area contributed by atoms with Gasteiger partial charge in [-0.05, 0) is 27.4 Å². The van der Waals surface area contributed by atoms with E-state index < -0.39 is 5.92 Å². The largest absolute Gasteiger partial charge is 0.314 e. The van der Waals surface area contributed by atoms with Gasteiger partial charge in [0.2, 0.25) is 0 Å². The van der Waals surface area contributed by atoms with Crippen LogP contribution in [0.25, 0.3) is 0 Å². The van der Waals surface area contributed by atoms with Gasteiger partial charge in [0.1, 0.15) is 0 Å². The molecule has 4 heteroatoms. The number of alkyl halides is 2. The van der Waals surface area contributed by atoms with Gasteiger partial charge in [-0.3, -0.25) is 4.90 Å². The summed E-state index contributed by atoms with van der Waals surface area (Å²) in [7, 11) is 3.30. The molecule has 0 spiro atoms. The second-order valence-electron chi connectivity index (χ2n) is 3.94. The summed E-state index contributed by atoms with van der Waals surface area (Å²) in [4.78, 5) is 1.72. The van der Waals surface area contributed by atoms with Crippen LogP contribution in [-0.2, 0) is 0 Å². The number of hydrogen-bond donors (Lipinski definition) is 1. The van der Waals surface area contributed by atoms with Gasteiger partial charge >= 0.3 is 0 Å². The lowest BCUT2D eigenvalue weighted by Crippen LogP contribution is -2.44. The first-order valence-electron chi connectivity index (χ1n) is 5.15. The third kappa shape index (κ3) is 5.50. The maximum Gasteiger partial charge on any atom is 0.272 e. The van der Waals surface area contributed by atoms with Crippen LogP contribution in [0.1, 0.15) is 26.7 Å². The molecule has 1 N–H and O–H groups in total. The molecular weight excluding hydrogens is 186 g/mol. The molecule has 0 bridgehead atoms. The zero-order valence-corrected chi connectivity index (χ0v) is 9.61. The first kappa shape index (κ1) is 13.8. The van der Waals surface area contributed by atoms with Crippen LogP contribution in [0, 0.1) is 0 Å². The average molecular weight is 208 g/mol. The zero-order valence-electron chi connectivity index (χ0n) is 9.61. The number of nitrogens with zero attached hydrogens (tertiary/aromatic N) is 1. The minimum atomic E-state index is -2.63. The van der Waals surface area contributed by atoms with Gasteiger partial charge in [0.25, 0.3) is 5.92 Å². The smallest absolute Gasteiger partial charge is 0.272 e. The molecule has 0 aromatic rings. The van der Waals surface area contributed by atoms with Gasteiger partial charge in [0.05, 0.1) is 13.1 Å². The van der Waals surface area contributed by atoms with Crippen LogP contribution in [-0.4, -0.2) is 44.0 Å². The van der Waals surface area contributed by atoms with E-state index >= 15 is 0 Å². The second-order valence-corrected chi connectivity index (χ2v) is 3.94. The summed E-state index contributed by atoms with van der Waals surface area (Å²) >= 11 is 0. The third-order valence-electron chi connectivity index (χ3n) is 2.38. The number of rotatable bonds is 7. The Morgan fingerprint density at radius 3 is 2.43 bits per heavy atom. The fourth-order valence-corrected chi connectivity index (χ4v) is 1.47. The molecule has 0 aliphatic rings. The Labute approximate surface area is 85.7 Å². The predicted octanol–water partition coefficient (Wildman–Crippen LogP) is 1.96. The Morgan fingerprint density at radius 1 is 1.43 bits per heavy atom. The van der Waals surface area contributed by atoms with Crippen molar-refractivity contribution < 1.29 is 8.78 Å². The lowest BCUT2D eigenvalue weighted by molar-refractivity contribution is -0.0315. The van der Waals surface area contributed by atoms with Crippen LogP contribution in [0.2, 0.25) is 0 Å². The molecule has 0 heterocycles. The average Bonchev–Trinajstić information content (AvgIpc) is 2.03. The van der Waals surface area contributed by atoms with Crippen molar-refractivity contribution in [2.24, 2.45) is 0 Å². The monoisotopic (exact) mass is 208 g/mol. The highest BCUT2D eigenvalue weighted by molar-refractivity contribution is 4.75. The van der Waals surface area contributed by atoms with Crippen LogP contribution in [0.5, 0.6) is 0 Å². The molecule has 0 radical (unpaired) electrons. The number of halogens is 2. The van der Waals surface area contributed by atoms with Crippen LogP contribution < -0.4 is 5.32 Å². The van der Waals surface area contributed by atoms with Crippen molar-refractivity contribution in [3.63, 3.8) is 0 Å². The molecule has 0 saturated carbocycles. The van der Waals surface area contributed by atoms with E-state index in [-0.39, 0.29) is 19.1 Å². The maximum absolute atomic E-state index is 13.2. The van der Waals surface area contributed by atoms with Crippen molar-refractivity contribution in [2.45, 2.75) is 38.7 Å². The molecule has 0 fully saturated rings. The number of hydrogen-bond acceptors (Lipinski definition) is 2. The molecule has 0 rings (SSSR count). The van der Waals surface area contributed by atoms with Gasteiger partial charge in [-0.25, -0.2) is 8.78 Å². The van der Waals surface area contributed by atoms with Crippen molar-refractivity contribution in [3.05, 3.63) is 0 Å². The van der Waals surface area contributed by atoms with Gasteiger partial charge in [0, 0.05) is 6.04 Å². The van der Waals surface area contributed by atoms with Crippen molar-refractivity contribution in [3.8, 4) is 0 Å². The maximum atomic E-state index is 13.2. The molecule has 0 aliphatic heterocycles. The summed E-state index contributed by atoms with van der Waals surface area (Å²) in [6, 6.07) is 0.225. The van der Waals surface area contributed by atoms with Crippen LogP contribution >= 0.6 is 0 Å². The van der Waals surface area contributed by atoms with E-state index in [4.69, 9.17) is 0 Å². The van der Waals surface area contributed by atoms with Crippen LogP contribution in [0.4, 0.5) is 8.78 Å². The first-order chi connectivity index (χ1) is 6.43. The molecule has 0 aromatic heterocycles. The van der Waals surface area contributed by atoms with Gasteiger partial charge < -0.3 is 5.32 Å². The molecule has 0 amide bonds. The van der Waals surface area contributed by atoms with E-state index in [0.29, 0.717) is 0 Å². The summed E-state index contributed by atoms with van der Waals surface area (Å²) in [5, 5.41) is 2.51. The van der Waals surface area contributed by atoms with Crippen molar-refractivity contribution in [1.82, 2.24) is 10.2 Å². The highest BCUT2D eigenvalue weighted by Crippen LogP contribution is 2.16. The van der Waals surface area contributed by atoms with E-state index in [9.17, 15) is 8.78 Å². The first-order valence-corrected chi connectivity index (χ1v) is 5.15. The van der Waals surface area contributed by atoms with Crippen molar-refractivity contribution in [1.29, 1.82) is 0 Å². The van der Waals surface area contributed by atoms with E-state index in [1.54, 1.807) is 19.0 Å². The summed E-state index contributed by atoms with van der Waals surface area (Å²) in [5.74, 6) is -2.63. The second kappa shape index (κ2) is 6.30. The van der Waals surface area contributed by atoms with Gasteiger partial charge in [-0.1, -0.05) is 13.3 Å². The van der Waals surface area contributed by atoms with Gasteiger partial charge in [-0.15, -0.1) is 0 Å². The molecule has 0 aromatic carbocycles. The van der Waals surface area contributed by atoms with E-state index in [2.05, 4.69) is 12.2 Å². The molecule has 1 unspecified atom stereocenters. The summed E-state index contributed by atoms with van der Waals surface area (Å²) < 4.78 is 26.3. The van der Waals surface area contributed by atoms with Crippen molar-refractivity contribution in [2.75, 3.05) is 27.2 Å². The van der Waals surface area contributed by atoms with E-state index in [1.165, 1.54) is 0 Å². The lowest BCUT2D eigenvalue weighted by atomic mass is 10.1.